The highest BCUT2D eigenvalue weighted by molar-refractivity contribution is 6.30. The maximum Gasteiger partial charge on any atom is 0.321 e. The monoisotopic (exact) mass is 252 g/mol. The summed E-state index contributed by atoms with van der Waals surface area (Å²) in [6.45, 7) is 3.55. The molecule has 0 saturated heterocycles. The second-order valence-corrected chi connectivity index (χ2v) is 4.70. The van der Waals surface area contributed by atoms with Crippen molar-refractivity contribution >= 4 is 23.3 Å². The van der Waals surface area contributed by atoms with Crippen LogP contribution in [0.25, 0.3) is 0 Å². The molecule has 17 heavy (non-hydrogen) atoms. The van der Waals surface area contributed by atoms with Crippen LogP contribution in [0.1, 0.15) is 25.3 Å². The van der Waals surface area contributed by atoms with E-state index in [1.807, 2.05) is 30.0 Å². The lowest BCUT2D eigenvalue weighted by Gasteiger charge is -2.29. The summed E-state index contributed by atoms with van der Waals surface area (Å²) in [5.74, 6) is 0. The first-order valence-electron chi connectivity index (χ1n) is 6.06. The van der Waals surface area contributed by atoms with E-state index in [1.54, 1.807) is 0 Å². The average molecular weight is 253 g/mol. The Bertz CT molecular complexity index is 420. The number of hydrogen-bond acceptors (Lipinski definition) is 1. The van der Waals surface area contributed by atoms with E-state index in [1.165, 1.54) is 0 Å². The highest BCUT2D eigenvalue weighted by Gasteiger charge is 2.21. The number of nitrogens with one attached hydrogen (secondary N) is 1. The second kappa shape index (κ2) is 5.41. The molecule has 0 unspecified atom stereocenters. The van der Waals surface area contributed by atoms with Crippen LogP contribution >= 0.6 is 11.6 Å². The Hall–Kier alpha value is -1.22. The van der Waals surface area contributed by atoms with Gasteiger partial charge in [-0.1, -0.05) is 18.5 Å². The number of nitrogens with zero attached hydrogens (tertiary/aromatic N) is 1. The molecule has 0 atom stereocenters. The van der Waals surface area contributed by atoms with E-state index in [-0.39, 0.29) is 6.03 Å². The molecule has 92 valence electrons. The summed E-state index contributed by atoms with van der Waals surface area (Å²) in [7, 11) is 0. The number of benzene rings is 1. The third kappa shape index (κ3) is 2.72. The Kier molecular flexibility index (Phi) is 3.89. The summed E-state index contributed by atoms with van der Waals surface area (Å²) in [5, 5.41) is 3.65. The largest absolute Gasteiger partial charge is 0.338 e. The highest BCUT2D eigenvalue weighted by Crippen LogP contribution is 2.29. The Balaban J connectivity index is 2.19. The van der Waals surface area contributed by atoms with Crippen molar-refractivity contribution in [2.45, 2.75) is 26.2 Å². The van der Waals surface area contributed by atoms with Crippen LogP contribution in [-0.2, 0) is 6.42 Å². The van der Waals surface area contributed by atoms with E-state index in [4.69, 9.17) is 11.6 Å². The van der Waals surface area contributed by atoms with E-state index in [0.717, 1.165) is 48.6 Å². The van der Waals surface area contributed by atoms with Crippen molar-refractivity contribution in [2.24, 2.45) is 0 Å². The first-order valence-corrected chi connectivity index (χ1v) is 6.44. The number of urea groups is 1. The smallest absolute Gasteiger partial charge is 0.321 e. The van der Waals surface area contributed by atoms with Gasteiger partial charge in [0, 0.05) is 23.8 Å². The number of carbonyl (C=O) groups is 1. The molecule has 3 nitrogen and oxygen atoms in total. The molecule has 1 heterocycles. The van der Waals surface area contributed by atoms with Gasteiger partial charge in [-0.3, -0.25) is 4.90 Å². The molecular weight excluding hydrogens is 236 g/mol. The van der Waals surface area contributed by atoms with Crippen molar-refractivity contribution < 1.29 is 4.79 Å². The number of hydrogen-bond donors (Lipinski definition) is 1. The molecule has 1 aliphatic rings. The van der Waals surface area contributed by atoms with Crippen LogP contribution in [0.15, 0.2) is 18.2 Å². The van der Waals surface area contributed by atoms with Crippen molar-refractivity contribution in [2.75, 3.05) is 18.0 Å². The number of carbonyl (C=O) groups excluding carboxylic acids is 1. The van der Waals surface area contributed by atoms with Gasteiger partial charge in [-0.15, -0.1) is 0 Å². The molecule has 0 spiro atoms. The van der Waals surface area contributed by atoms with E-state index in [2.05, 4.69) is 5.32 Å². The minimum Gasteiger partial charge on any atom is -0.338 e. The first-order chi connectivity index (χ1) is 8.22. The highest BCUT2D eigenvalue weighted by atomic mass is 35.5. The molecule has 2 rings (SSSR count). The summed E-state index contributed by atoms with van der Waals surface area (Å²) in [5.41, 5.74) is 2.16. The third-order valence-corrected chi connectivity index (χ3v) is 3.17. The van der Waals surface area contributed by atoms with Crippen molar-refractivity contribution in [3.8, 4) is 0 Å². The summed E-state index contributed by atoms with van der Waals surface area (Å²) in [4.78, 5) is 13.8. The fraction of sp³-hybridized carbons (Fsp3) is 0.462. The maximum absolute atomic E-state index is 12.0. The van der Waals surface area contributed by atoms with E-state index in [9.17, 15) is 4.79 Å². The van der Waals surface area contributed by atoms with Crippen LogP contribution in [-0.4, -0.2) is 19.1 Å². The lowest BCUT2D eigenvalue weighted by atomic mass is 10.0. The van der Waals surface area contributed by atoms with Crippen LogP contribution in [0.5, 0.6) is 0 Å². The average Bonchev–Trinajstić information content (AvgIpc) is 2.34. The summed E-state index contributed by atoms with van der Waals surface area (Å²) < 4.78 is 0. The van der Waals surface area contributed by atoms with Gasteiger partial charge in [0.2, 0.25) is 0 Å². The van der Waals surface area contributed by atoms with Gasteiger partial charge < -0.3 is 5.32 Å². The molecule has 0 saturated carbocycles. The lowest BCUT2D eigenvalue weighted by Crippen LogP contribution is -2.43. The van der Waals surface area contributed by atoms with Crippen LogP contribution < -0.4 is 10.2 Å². The van der Waals surface area contributed by atoms with E-state index < -0.39 is 0 Å². The van der Waals surface area contributed by atoms with Crippen LogP contribution in [0, 0.1) is 0 Å². The number of amides is 2. The van der Waals surface area contributed by atoms with Crippen molar-refractivity contribution in [1.82, 2.24) is 5.32 Å². The minimum atomic E-state index is -0.00452. The zero-order chi connectivity index (χ0) is 12.3. The Morgan fingerprint density at radius 2 is 2.35 bits per heavy atom. The predicted octanol–water partition coefficient (Wildman–Crippen LogP) is 3.21. The zero-order valence-corrected chi connectivity index (χ0v) is 10.8. The SMILES string of the molecule is CCCNC(=O)N1CCCc2cc(Cl)ccc21. The third-order valence-electron chi connectivity index (χ3n) is 2.93. The van der Waals surface area contributed by atoms with E-state index >= 15 is 0 Å². The fourth-order valence-electron chi connectivity index (χ4n) is 2.10. The van der Waals surface area contributed by atoms with Gasteiger partial charge in [0.1, 0.15) is 0 Å². The molecule has 1 aromatic rings. The van der Waals surface area contributed by atoms with E-state index in [0.29, 0.717) is 0 Å². The maximum atomic E-state index is 12.0. The molecule has 0 aliphatic carbocycles. The zero-order valence-electron chi connectivity index (χ0n) is 10.0. The molecule has 0 fully saturated rings. The van der Waals surface area contributed by atoms with Gasteiger partial charge >= 0.3 is 6.03 Å². The Morgan fingerprint density at radius 3 is 3.12 bits per heavy atom. The molecule has 4 heteroatoms. The summed E-state index contributed by atoms with van der Waals surface area (Å²) in [6.07, 6.45) is 2.94. The number of rotatable bonds is 2. The Morgan fingerprint density at radius 1 is 1.53 bits per heavy atom. The molecule has 0 bridgehead atoms. The second-order valence-electron chi connectivity index (χ2n) is 4.26. The number of anilines is 1. The normalized spacial score (nSPS) is 14.4. The standard InChI is InChI=1S/C13H17ClN2O/c1-2-7-15-13(17)16-8-3-4-10-9-11(14)5-6-12(10)16/h5-6,9H,2-4,7-8H2,1H3,(H,15,17). The first kappa shape index (κ1) is 12.2. The topological polar surface area (TPSA) is 32.3 Å². The van der Waals surface area contributed by atoms with Gasteiger partial charge in [0.25, 0.3) is 0 Å². The molecular formula is C13H17ClN2O. The minimum absolute atomic E-state index is 0.00452. The van der Waals surface area contributed by atoms with Crippen molar-refractivity contribution in [3.05, 3.63) is 28.8 Å². The quantitative estimate of drug-likeness (QED) is 0.861. The van der Waals surface area contributed by atoms with Crippen LogP contribution in [0.2, 0.25) is 5.02 Å². The number of fused-ring (bicyclic) bond motifs is 1. The molecule has 0 radical (unpaired) electrons. The number of aryl methyl sites for hydroxylation is 1. The van der Waals surface area contributed by atoms with Gasteiger partial charge in [-0.2, -0.15) is 0 Å². The van der Waals surface area contributed by atoms with Gasteiger partial charge in [0.15, 0.2) is 0 Å². The molecule has 2 amide bonds. The fourth-order valence-corrected chi connectivity index (χ4v) is 2.30. The van der Waals surface area contributed by atoms with Crippen molar-refractivity contribution in [1.29, 1.82) is 0 Å². The van der Waals surface area contributed by atoms with Crippen LogP contribution in [0.4, 0.5) is 10.5 Å². The van der Waals surface area contributed by atoms with Gasteiger partial charge in [-0.25, -0.2) is 4.79 Å². The predicted molar refractivity (Wildman–Crippen MR) is 70.8 cm³/mol. The molecule has 1 aliphatic heterocycles. The van der Waals surface area contributed by atoms with Gasteiger partial charge in [-0.05, 0) is 43.0 Å². The molecule has 1 aromatic carbocycles. The van der Waals surface area contributed by atoms with Crippen LogP contribution in [0.3, 0.4) is 0 Å². The molecule has 1 N–H and O–H groups in total. The lowest BCUT2D eigenvalue weighted by molar-refractivity contribution is 0.246. The molecule has 0 aromatic heterocycles. The Labute approximate surface area is 107 Å². The summed E-state index contributed by atoms with van der Waals surface area (Å²) >= 11 is 5.97. The van der Waals surface area contributed by atoms with Gasteiger partial charge in [0.05, 0.1) is 0 Å². The van der Waals surface area contributed by atoms with Crippen molar-refractivity contribution in [3.63, 3.8) is 0 Å². The summed E-state index contributed by atoms with van der Waals surface area (Å²) in [6, 6.07) is 5.72. The number of halogens is 1.